The molecule has 0 fully saturated rings. The Morgan fingerprint density at radius 1 is 1.30 bits per heavy atom. The third-order valence-electron chi connectivity index (χ3n) is 3.80. The predicted octanol–water partition coefficient (Wildman–Crippen LogP) is 3.11. The highest BCUT2D eigenvalue weighted by atomic mass is 15.0. The standard InChI is InChI=1S/C16H20N4/c1-2-3-13-9-16(19-10-18-13)20-15-7-4-11-8-12(17)5-6-14(11)15/h5-6,8-10,15H,2-4,7,17H2,1H3,(H,18,19,20). The average molecular weight is 268 g/mol. The van der Waals surface area contributed by atoms with Crippen LogP contribution in [-0.2, 0) is 12.8 Å². The van der Waals surface area contributed by atoms with Gasteiger partial charge in [0.05, 0.1) is 6.04 Å². The van der Waals surface area contributed by atoms with Crippen molar-refractivity contribution in [3.05, 3.63) is 47.4 Å². The second-order valence-corrected chi connectivity index (χ2v) is 5.34. The lowest BCUT2D eigenvalue weighted by atomic mass is 10.1. The van der Waals surface area contributed by atoms with Crippen molar-refractivity contribution >= 4 is 11.5 Å². The van der Waals surface area contributed by atoms with Gasteiger partial charge in [0.1, 0.15) is 12.1 Å². The number of rotatable bonds is 4. The number of hydrogen-bond donors (Lipinski definition) is 2. The molecule has 0 saturated carbocycles. The van der Waals surface area contributed by atoms with E-state index >= 15 is 0 Å². The van der Waals surface area contributed by atoms with Crippen molar-refractivity contribution in [1.29, 1.82) is 0 Å². The minimum Gasteiger partial charge on any atom is -0.399 e. The zero-order valence-corrected chi connectivity index (χ0v) is 11.8. The maximum atomic E-state index is 5.84. The van der Waals surface area contributed by atoms with Gasteiger partial charge in [-0.15, -0.1) is 0 Å². The summed E-state index contributed by atoms with van der Waals surface area (Å²) < 4.78 is 0. The molecular formula is C16H20N4. The summed E-state index contributed by atoms with van der Waals surface area (Å²) in [5.74, 6) is 0.915. The predicted molar refractivity (Wildman–Crippen MR) is 81.6 cm³/mol. The molecule has 4 heteroatoms. The van der Waals surface area contributed by atoms with Crippen molar-refractivity contribution < 1.29 is 0 Å². The van der Waals surface area contributed by atoms with Gasteiger partial charge in [0.2, 0.25) is 0 Å². The van der Waals surface area contributed by atoms with Gasteiger partial charge in [0.15, 0.2) is 0 Å². The quantitative estimate of drug-likeness (QED) is 0.836. The first-order chi connectivity index (χ1) is 9.76. The Morgan fingerprint density at radius 2 is 2.20 bits per heavy atom. The minimum atomic E-state index is 0.329. The fourth-order valence-electron chi connectivity index (χ4n) is 2.84. The minimum absolute atomic E-state index is 0.329. The van der Waals surface area contributed by atoms with Gasteiger partial charge in [-0.3, -0.25) is 0 Å². The summed E-state index contributed by atoms with van der Waals surface area (Å²) >= 11 is 0. The van der Waals surface area contributed by atoms with E-state index in [1.807, 2.05) is 6.07 Å². The van der Waals surface area contributed by atoms with E-state index in [1.165, 1.54) is 11.1 Å². The maximum Gasteiger partial charge on any atom is 0.130 e. The Hall–Kier alpha value is -2.10. The topological polar surface area (TPSA) is 63.8 Å². The van der Waals surface area contributed by atoms with Gasteiger partial charge >= 0.3 is 0 Å². The lowest BCUT2D eigenvalue weighted by Crippen LogP contribution is -2.09. The van der Waals surface area contributed by atoms with Crippen LogP contribution in [0.1, 0.15) is 42.6 Å². The highest BCUT2D eigenvalue weighted by molar-refractivity contribution is 5.50. The molecule has 2 aromatic rings. The van der Waals surface area contributed by atoms with Gasteiger partial charge in [0.25, 0.3) is 0 Å². The number of aromatic nitrogens is 2. The average Bonchev–Trinajstić information content (AvgIpc) is 2.82. The Kier molecular flexibility index (Phi) is 3.54. The second kappa shape index (κ2) is 5.49. The number of nitrogens with zero attached hydrogens (tertiary/aromatic N) is 2. The molecule has 0 spiro atoms. The largest absolute Gasteiger partial charge is 0.399 e. The Morgan fingerprint density at radius 3 is 3.05 bits per heavy atom. The lowest BCUT2D eigenvalue weighted by molar-refractivity contribution is 0.754. The van der Waals surface area contributed by atoms with Gasteiger partial charge in [-0.2, -0.15) is 0 Å². The summed E-state index contributed by atoms with van der Waals surface area (Å²) in [5, 5.41) is 3.52. The van der Waals surface area contributed by atoms with E-state index in [4.69, 9.17) is 5.73 Å². The van der Waals surface area contributed by atoms with Crippen LogP contribution in [0.5, 0.6) is 0 Å². The molecule has 0 saturated heterocycles. The SMILES string of the molecule is CCCc1cc(NC2CCc3cc(N)ccc32)ncn1. The molecule has 3 rings (SSSR count). The van der Waals surface area contributed by atoms with Crippen molar-refractivity contribution in [3.63, 3.8) is 0 Å². The van der Waals surface area contributed by atoms with Crippen LogP contribution in [0.4, 0.5) is 11.5 Å². The number of nitrogens with two attached hydrogens (primary N) is 1. The van der Waals surface area contributed by atoms with Gasteiger partial charge in [0, 0.05) is 17.4 Å². The van der Waals surface area contributed by atoms with Crippen molar-refractivity contribution in [1.82, 2.24) is 9.97 Å². The van der Waals surface area contributed by atoms with Gasteiger partial charge in [-0.1, -0.05) is 19.4 Å². The van der Waals surface area contributed by atoms with Crippen LogP contribution in [0.25, 0.3) is 0 Å². The first kappa shape index (κ1) is 12.9. The number of aryl methyl sites for hydroxylation is 2. The van der Waals surface area contributed by atoms with E-state index in [-0.39, 0.29) is 0 Å². The fourth-order valence-corrected chi connectivity index (χ4v) is 2.84. The third kappa shape index (κ3) is 2.59. The van der Waals surface area contributed by atoms with Crippen LogP contribution >= 0.6 is 0 Å². The highest BCUT2D eigenvalue weighted by Crippen LogP contribution is 2.34. The second-order valence-electron chi connectivity index (χ2n) is 5.34. The Labute approximate surface area is 119 Å². The van der Waals surface area contributed by atoms with E-state index < -0.39 is 0 Å². The molecule has 3 N–H and O–H groups in total. The molecule has 0 bridgehead atoms. The maximum absolute atomic E-state index is 5.84. The van der Waals surface area contributed by atoms with Gasteiger partial charge in [-0.05, 0) is 42.5 Å². The molecule has 0 radical (unpaired) electrons. The van der Waals surface area contributed by atoms with Crippen LogP contribution in [0.15, 0.2) is 30.6 Å². The van der Waals surface area contributed by atoms with Gasteiger partial charge < -0.3 is 11.1 Å². The molecule has 1 heterocycles. The normalized spacial score (nSPS) is 16.9. The van der Waals surface area contributed by atoms with Crippen LogP contribution < -0.4 is 11.1 Å². The number of fused-ring (bicyclic) bond motifs is 1. The lowest BCUT2D eigenvalue weighted by Gasteiger charge is -2.15. The summed E-state index contributed by atoms with van der Waals surface area (Å²) in [5.41, 5.74) is 10.5. The third-order valence-corrected chi connectivity index (χ3v) is 3.80. The van der Waals surface area contributed by atoms with E-state index in [0.29, 0.717) is 6.04 Å². The molecular weight excluding hydrogens is 248 g/mol. The molecule has 104 valence electrons. The number of benzene rings is 1. The zero-order valence-electron chi connectivity index (χ0n) is 11.8. The van der Waals surface area contributed by atoms with E-state index in [9.17, 15) is 0 Å². The molecule has 1 aliphatic rings. The van der Waals surface area contributed by atoms with Crippen molar-refractivity contribution in [2.24, 2.45) is 0 Å². The van der Waals surface area contributed by atoms with E-state index in [2.05, 4.69) is 40.4 Å². The number of nitrogens with one attached hydrogen (secondary N) is 1. The van der Waals surface area contributed by atoms with Crippen LogP contribution in [0.2, 0.25) is 0 Å². The summed E-state index contributed by atoms with van der Waals surface area (Å²) in [6.45, 7) is 2.16. The first-order valence-corrected chi connectivity index (χ1v) is 7.22. The van der Waals surface area contributed by atoms with Crippen molar-refractivity contribution in [3.8, 4) is 0 Å². The first-order valence-electron chi connectivity index (χ1n) is 7.22. The summed E-state index contributed by atoms with van der Waals surface area (Å²) in [6.07, 6.45) is 5.90. The number of hydrogen-bond acceptors (Lipinski definition) is 4. The summed E-state index contributed by atoms with van der Waals surface area (Å²) in [7, 11) is 0. The van der Waals surface area contributed by atoms with Gasteiger partial charge in [-0.25, -0.2) is 9.97 Å². The van der Waals surface area contributed by atoms with Crippen molar-refractivity contribution in [2.45, 2.75) is 38.6 Å². The molecule has 1 atom stereocenters. The Bertz CT molecular complexity index is 609. The van der Waals surface area contributed by atoms with E-state index in [1.54, 1.807) is 6.33 Å². The zero-order chi connectivity index (χ0) is 13.9. The Balaban J connectivity index is 1.78. The smallest absolute Gasteiger partial charge is 0.130 e. The monoisotopic (exact) mass is 268 g/mol. The highest BCUT2D eigenvalue weighted by Gasteiger charge is 2.22. The number of nitrogen functional groups attached to an aromatic ring is 1. The van der Waals surface area contributed by atoms with Crippen LogP contribution in [0, 0.1) is 0 Å². The molecule has 4 nitrogen and oxygen atoms in total. The molecule has 20 heavy (non-hydrogen) atoms. The molecule has 0 aliphatic heterocycles. The molecule has 0 amide bonds. The van der Waals surface area contributed by atoms with Crippen LogP contribution in [0.3, 0.4) is 0 Å². The number of anilines is 2. The van der Waals surface area contributed by atoms with E-state index in [0.717, 1.165) is 42.9 Å². The molecule has 1 aromatic carbocycles. The summed E-state index contributed by atoms with van der Waals surface area (Å²) in [4.78, 5) is 8.62. The molecule has 1 aliphatic carbocycles. The van der Waals surface area contributed by atoms with Crippen molar-refractivity contribution in [2.75, 3.05) is 11.1 Å². The molecule has 1 aromatic heterocycles. The molecule has 1 unspecified atom stereocenters. The summed E-state index contributed by atoms with van der Waals surface area (Å²) in [6, 6.07) is 8.57. The van der Waals surface area contributed by atoms with Crippen LogP contribution in [-0.4, -0.2) is 9.97 Å². The fraction of sp³-hybridized carbons (Fsp3) is 0.375.